The molecule has 0 aliphatic carbocycles. The van der Waals surface area contributed by atoms with Crippen molar-refractivity contribution in [1.29, 1.82) is 0 Å². The van der Waals surface area contributed by atoms with Crippen LogP contribution in [-0.2, 0) is 11.3 Å². The average Bonchev–Trinajstić information content (AvgIpc) is 2.55. The minimum absolute atomic E-state index is 0.164. The number of carbonyl (C=O) groups excluding carboxylic acids is 1. The molecule has 1 heterocycles. The quantitative estimate of drug-likeness (QED) is 0.752. The van der Waals surface area contributed by atoms with Crippen molar-refractivity contribution in [2.75, 3.05) is 0 Å². The van der Waals surface area contributed by atoms with E-state index in [1.165, 1.54) is 0 Å². The number of hydrogen-bond acceptors (Lipinski definition) is 5. The van der Waals surface area contributed by atoms with Gasteiger partial charge in [0.25, 0.3) is 0 Å². The highest BCUT2D eigenvalue weighted by atomic mass is 16.5. The Hall–Kier alpha value is -3.08. The molecule has 2 aromatic carbocycles. The lowest BCUT2D eigenvalue weighted by atomic mass is 10.1. The van der Waals surface area contributed by atoms with Crippen LogP contribution in [0.3, 0.4) is 0 Å². The molecule has 1 N–H and O–H groups in total. The number of fused-ring (bicyclic) bond motifs is 1. The summed E-state index contributed by atoms with van der Waals surface area (Å²) in [7, 11) is 0. The molecule has 0 unspecified atom stereocenters. The minimum Gasteiger partial charge on any atom is -0.502 e. The predicted octanol–water partition coefficient (Wildman–Crippen LogP) is 2.86. The van der Waals surface area contributed by atoms with E-state index in [2.05, 4.69) is 0 Å². The summed E-state index contributed by atoms with van der Waals surface area (Å²) in [5.74, 6) is -0.831. The topological polar surface area (TPSA) is 76.7 Å². The molecule has 3 aromatic rings. The van der Waals surface area contributed by atoms with Crippen molar-refractivity contribution in [3.05, 3.63) is 76.3 Å². The van der Waals surface area contributed by atoms with Gasteiger partial charge in [-0.2, -0.15) is 0 Å². The molecule has 3 rings (SSSR count). The Morgan fingerprint density at radius 3 is 2.64 bits per heavy atom. The smallest absolute Gasteiger partial charge is 0.338 e. The normalized spacial score (nSPS) is 10.5. The second-order valence-corrected chi connectivity index (χ2v) is 4.73. The monoisotopic (exact) mass is 296 g/mol. The molecular weight excluding hydrogens is 284 g/mol. The van der Waals surface area contributed by atoms with Gasteiger partial charge in [0.1, 0.15) is 18.6 Å². The van der Waals surface area contributed by atoms with E-state index >= 15 is 0 Å². The van der Waals surface area contributed by atoms with Crippen molar-refractivity contribution in [3.8, 4) is 5.75 Å². The fourth-order valence-corrected chi connectivity index (χ4v) is 2.06. The number of rotatable bonds is 3. The van der Waals surface area contributed by atoms with Crippen LogP contribution in [0.1, 0.15) is 16.1 Å². The lowest BCUT2D eigenvalue weighted by molar-refractivity contribution is 0.0443. The van der Waals surface area contributed by atoms with Gasteiger partial charge >= 0.3 is 5.97 Å². The summed E-state index contributed by atoms with van der Waals surface area (Å²) in [6, 6.07) is 14.0. The van der Waals surface area contributed by atoms with Crippen LogP contribution in [0.15, 0.2) is 64.0 Å². The van der Waals surface area contributed by atoms with Gasteiger partial charge in [0.2, 0.25) is 5.43 Å². The van der Waals surface area contributed by atoms with Crippen LogP contribution < -0.4 is 5.43 Å². The van der Waals surface area contributed by atoms with Crippen molar-refractivity contribution < 1.29 is 19.1 Å². The van der Waals surface area contributed by atoms with Gasteiger partial charge in [-0.25, -0.2) is 4.79 Å². The molecule has 22 heavy (non-hydrogen) atoms. The zero-order valence-corrected chi connectivity index (χ0v) is 11.5. The molecule has 5 nitrogen and oxygen atoms in total. The summed E-state index contributed by atoms with van der Waals surface area (Å²) in [6.07, 6.45) is 0.918. The van der Waals surface area contributed by atoms with Gasteiger partial charge in [0.15, 0.2) is 5.75 Å². The third-order valence-electron chi connectivity index (χ3n) is 3.20. The van der Waals surface area contributed by atoms with Crippen LogP contribution in [-0.4, -0.2) is 11.1 Å². The van der Waals surface area contributed by atoms with Gasteiger partial charge in [0, 0.05) is 6.07 Å². The molecule has 0 fully saturated rings. The van der Waals surface area contributed by atoms with Crippen molar-refractivity contribution in [3.63, 3.8) is 0 Å². The number of hydrogen-bond donors (Lipinski definition) is 1. The lowest BCUT2D eigenvalue weighted by Crippen LogP contribution is -2.07. The number of benzene rings is 2. The third kappa shape index (κ3) is 2.83. The van der Waals surface area contributed by atoms with Crippen LogP contribution in [0.4, 0.5) is 0 Å². The van der Waals surface area contributed by atoms with Crippen LogP contribution >= 0.6 is 0 Å². The molecule has 0 saturated heterocycles. The Balaban J connectivity index is 1.75. The molecule has 0 saturated carbocycles. The van der Waals surface area contributed by atoms with E-state index in [4.69, 9.17) is 14.3 Å². The van der Waals surface area contributed by atoms with Gasteiger partial charge < -0.3 is 14.3 Å². The Kier molecular flexibility index (Phi) is 3.62. The number of carbonyl (C=O) groups is 1. The lowest BCUT2D eigenvalue weighted by Gasteiger charge is -2.05. The van der Waals surface area contributed by atoms with Gasteiger partial charge in [0.05, 0.1) is 5.56 Å². The molecule has 5 heteroatoms. The fourth-order valence-electron chi connectivity index (χ4n) is 2.06. The molecule has 0 aliphatic heterocycles. The number of ether oxygens (including phenoxy) is 1. The standard InChI is InChI=1S/C17H12O5/c18-15-8-14(21-10-16(15)19)9-22-17(20)13-6-5-11-3-1-2-4-12(11)7-13/h1-8,10,19H,9H2. The molecule has 0 bridgehead atoms. The van der Waals surface area contributed by atoms with E-state index in [1.807, 2.05) is 30.3 Å². The van der Waals surface area contributed by atoms with Crippen LogP contribution in [0.5, 0.6) is 5.75 Å². The maximum absolute atomic E-state index is 12.0. The first-order valence-corrected chi connectivity index (χ1v) is 6.60. The van der Waals surface area contributed by atoms with Crippen LogP contribution in [0.2, 0.25) is 0 Å². The zero-order valence-electron chi connectivity index (χ0n) is 11.5. The molecule has 0 amide bonds. The molecule has 1 aromatic heterocycles. The van der Waals surface area contributed by atoms with Crippen molar-refractivity contribution in [2.24, 2.45) is 0 Å². The van der Waals surface area contributed by atoms with E-state index in [1.54, 1.807) is 12.1 Å². The molecular formula is C17H12O5. The zero-order chi connectivity index (χ0) is 15.5. The van der Waals surface area contributed by atoms with E-state index in [0.29, 0.717) is 5.56 Å². The molecule has 0 aliphatic rings. The third-order valence-corrected chi connectivity index (χ3v) is 3.20. The van der Waals surface area contributed by atoms with E-state index in [-0.39, 0.29) is 12.4 Å². The van der Waals surface area contributed by atoms with Crippen LogP contribution in [0, 0.1) is 0 Å². The maximum Gasteiger partial charge on any atom is 0.338 e. The van der Waals surface area contributed by atoms with Crippen LogP contribution in [0.25, 0.3) is 10.8 Å². The Morgan fingerprint density at radius 1 is 1.09 bits per heavy atom. The summed E-state index contributed by atoms with van der Waals surface area (Å²) in [5, 5.41) is 11.1. The van der Waals surface area contributed by atoms with Crippen molar-refractivity contribution in [1.82, 2.24) is 0 Å². The van der Waals surface area contributed by atoms with Crippen molar-refractivity contribution >= 4 is 16.7 Å². The van der Waals surface area contributed by atoms with E-state index in [9.17, 15) is 9.59 Å². The summed E-state index contributed by atoms with van der Waals surface area (Å²) in [5.41, 5.74) is -0.164. The fraction of sp³-hybridized carbons (Fsp3) is 0.0588. The highest BCUT2D eigenvalue weighted by molar-refractivity contribution is 5.95. The second kappa shape index (κ2) is 5.73. The predicted molar refractivity (Wildman–Crippen MR) is 79.7 cm³/mol. The molecule has 0 atom stereocenters. The largest absolute Gasteiger partial charge is 0.502 e. The first-order valence-electron chi connectivity index (χ1n) is 6.60. The first kappa shape index (κ1) is 13.9. The number of esters is 1. The van der Waals surface area contributed by atoms with Gasteiger partial charge in [-0.15, -0.1) is 0 Å². The van der Waals surface area contributed by atoms with Gasteiger partial charge in [-0.3, -0.25) is 4.79 Å². The Labute approximate surface area is 125 Å². The first-order chi connectivity index (χ1) is 10.6. The van der Waals surface area contributed by atoms with Gasteiger partial charge in [-0.05, 0) is 22.9 Å². The maximum atomic E-state index is 12.0. The Bertz CT molecular complexity index is 895. The highest BCUT2D eigenvalue weighted by Crippen LogP contribution is 2.16. The summed E-state index contributed by atoms with van der Waals surface area (Å²) in [6.45, 7) is -0.179. The van der Waals surface area contributed by atoms with Gasteiger partial charge in [-0.1, -0.05) is 30.3 Å². The SMILES string of the molecule is O=C(OCc1cc(=O)c(O)co1)c1ccc2ccccc2c1. The Morgan fingerprint density at radius 2 is 1.86 bits per heavy atom. The highest BCUT2D eigenvalue weighted by Gasteiger charge is 2.10. The summed E-state index contributed by atoms with van der Waals surface area (Å²) >= 11 is 0. The molecule has 110 valence electrons. The molecule has 0 spiro atoms. The summed E-state index contributed by atoms with van der Waals surface area (Å²) in [4.78, 5) is 23.3. The van der Waals surface area contributed by atoms with Crippen molar-refractivity contribution in [2.45, 2.75) is 6.61 Å². The minimum atomic E-state index is -0.581. The summed E-state index contributed by atoms with van der Waals surface area (Å²) < 4.78 is 10.1. The van der Waals surface area contributed by atoms with E-state index in [0.717, 1.165) is 23.1 Å². The van der Waals surface area contributed by atoms with E-state index < -0.39 is 17.1 Å². The average molecular weight is 296 g/mol. The molecule has 0 radical (unpaired) electrons. The second-order valence-electron chi connectivity index (χ2n) is 4.73. The number of aromatic hydroxyl groups is 1.